The third-order valence-corrected chi connectivity index (χ3v) is 5.19. The summed E-state index contributed by atoms with van der Waals surface area (Å²) >= 11 is 0. The lowest BCUT2D eigenvalue weighted by Gasteiger charge is -2.11. The number of rotatable bonds is 7. The predicted molar refractivity (Wildman–Crippen MR) is 120 cm³/mol. The highest BCUT2D eigenvalue weighted by molar-refractivity contribution is 6.15. The number of fused-ring (bicyclic) bond motifs is 1. The standard InChI is InChI=1S/C25H19NO7/c1-15-22(32-14-21(27)17-6-8-19(31-2)9-7-17)11-10-20-24(28)23(33-25(15)20)13-16-4-3-5-18(12-16)26(29)30/h3-13H,14H2,1-2H3/b23-13-. The summed E-state index contributed by atoms with van der Waals surface area (Å²) in [6.07, 6.45) is 1.46. The topological polar surface area (TPSA) is 105 Å². The molecule has 0 bridgehead atoms. The SMILES string of the molecule is COc1ccc(C(=O)COc2ccc3c(c2C)O/C(=C\c2cccc([N+](=O)[O-])c2)C3=O)cc1. The summed E-state index contributed by atoms with van der Waals surface area (Å²) in [6.45, 7) is 1.55. The van der Waals surface area contributed by atoms with Crippen LogP contribution in [0.4, 0.5) is 5.69 Å². The van der Waals surface area contributed by atoms with E-state index in [2.05, 4.69) is 0 Å². The van der Waals surface area contributed by atoms with Crippen molar-refractivity contribution in [3.05, 3.63) is 98.8 Å². The molecule has 0 fully saturated rings. The van der Waals surface area contributed by atoms with Gasteiger partial charge >= 0.3 is 0 Å². The summed E-state index contributed by atoms with van der Waals surface area (Å²) < 4.78 is 16.6. The first-order valence-corrected chi connectivity index (χ1v) is 9.99. The van der Waals surface area contributed by atoms with Gasteiger partial charge in [-0.15, -0.1) is 0 Å². The number of carbonyl (C=O) groups excluding carboxylic acids is 2. The average molecular weight is 445 g/mol. The third kappa shape index (κ3) is 4.45. The Labute approximate surface area is 189 Å². The second-order valence-corrected chi connectivity index (χ2v) is 7.30. The van der Waals surface area contributed by atoms with Gasteiger partial charge in [0.05, 0.1) is 17.6 Å². The first-order valence-electron chi connectivity index (χ1n) is 9.99. The highest BCUT2D eigenvalue weighted by Crippen LogP contribution is 2.39. The maximum Gasteiger partial charge on any atom is 0.270 e. The lowest BCUT2D eigenvalue weighted by molar-refractivity contribution is -0.384. The van der Waals surface area contributed by atoms with E-state index >= 15 is 0 Å². The highest BCUT2D eigenvalue weighted by atomic mass is 16.6. The molecule has 0 radical (unpaired) electrons. The third-order valence-electron chi connectivity index (χ3n) is 5.19. The van der Waals surface area contributed by atoms with Crippen LogP contribution in [-0.4, -0.2) is 30.2 Å². The zero-order valence-corrected chi connectivity index (χ0v) is 17.9. The number of ketones is 2. The molecule has 4 rings (SSSR count). The van der Waals surface area contributed by atoms with Gasteiger partial charge in [-0.25, -0.2) is 0 Å². The van der Waals surface area contributed by atoms with E-state index in [9.17, 15) is 19.7 Å². The predicted octanol–water partition coefficient (Wildman–Crippen LogP) is 4.79. The molecule has 3 aromatic carbocycles. The van der Waals surface area contributed by atoms with Crippen molar-refractivity contribution in [2.75, 3.05) is 13.7 Å². The number of benzene rings is 3. The number of hydrogen-bond donors (Lipinski definition) is 0. The van der Waals surface area contributed by atoms with Crippen molar-refractivity contribution >= 4 is 23.3 Å². The van der Waals surface area contributed by atoms with Crippen molar-refractivity contribution in [2.24, 2.45) is 0 Å². The van der Waals surface area contributed by atoms with Crippen LogP contribution in [0.5, 0.6) is 17.2 Å². The molecule has 0 atom stereocenters. The van der Waals surface area contributed by atoms with Crippen molar-refractivity contribution < 1.29 is 28.7 Å². The molecule has 0 saturated carbocycles. The molecule has 0 N–H and O–H groups in total. The van der Waals surface area contributed by atoms with Crippen molar-refractivity contribution in [3.8, 4) is 17.2 Å². The van der Waals surface area contributed by atoms with Gasteiger partial charge in [-0.3, -0.25) is 19.7 Å². The number of ether oxygens (including phenoxy) is 3. The van der Waals surface area contributed by atoms with Gasteiger partial charge in [-0.2, -0.15) is 0 Å². The van der Waals surface area contributed by atoms with Crippen molar-refractivity contribution in [1.29, 1.82) is 0 Å². The zero-order valence-electron chi connectivity index (χ0n) is 17.9. The summed E-state index contributed by atoms with van der Waals surface area (Å²) in [5.41, 5.74) is 1.81. The Morgan fingerprint density at radius 1 is 1.12 bits per heavy atom. The minimum absolute atomic E-state index is 0.0556. The van der Waals surface area contributed by atoms with Crippen LogP contribution < -0.4 is 14.2 Å². The minimum atomic E-state index is -0.505. The molecule has 1 heterocycles. The van der Waals surface area contributed by atoms with E-state index in [-0.39, 0.29) is 29.6 Å². The number of nitro benzene ring substituents is 1. The molecule has 8 heteroatoms. The van der Waals surface area contributed by atoms with Crippen LogP contribution in [0.1, 0.15) is 31.8 Å². The zero-order chi connectivity index (χ0) is 23.5. The van der Waals surface area contributed by atoms with Crippen LogP contribution in [-0.2, 0) is 0 Å². The summed E-state index contributed by atoms with van der Waals surface area (Å²) in [5, 5.41) is 11.0. The molecule has 1 aliphatic rings. The van der Waals surface area contributed by atoms with Crippen LogP contribution >= 0.6 is 0 Å². The Bertz CT molecular complexity index is 1290. The second-order valence-electron chi connectivity index (χ2n) is 7.30. The summed E-state index contributed by atoms with van der Waals surface area (Å²) in [4.78, 5) is 35.7. The van der Waals surface area contributed by atoms with E-state index in [1.165, 1.54) is 24.3 Å². The molecule has 0 spiro atoms. The van der Waals surface area contributed by atoms with E-state index in [1.807, 2.05) is 0 Å². The van der Waals surface area contributed by atoms with Gasteiger partial charge in [0.1, 0.15) is 17.2 Å². The summed E-state index contributed by atoms with van der Waals surface area (Å²) in [7, 11) is 1.55. The molecular formula is C25H19NO7. The molecule has 8 nitrogen and oxygen atoms in total. The van der Waals surface area contributed by atoms with Crippen molar-refractivity contribution in [3.63, 3.8) is 0 Å². The van der Waals surface area contributed by atoms with Crippen LogP contribution in [0.25, 0.3) is 6.08 Å². The first-order chi connectivity index (χ1) is 15.9. The fraction of sp³-hybridized carbons (Fsp3) is 0.120. The molecule has 0 saturated heterocycles. The fourth-order valence-electron chi connectivity index (χ4n) is 3.41. The number of non-ortho nitro benzene ring substituents is 1. The van der Waals surface area contributed by atoms with Gasteiger partial charge < -0.3 is 14.2 Å². The maximum absolute atomic E-state index is 12.8. The molecule has 33 heavy (non-hydrogen) atoms. The van der Waals surface area contributed by atoms with Gasteiger partial charge in [-0.05, 0) is 55.0 Å². The second kappa shape index (κ2) is 8.96. The van der Waals surface area contributed by atoms with Gasteiger partial charge in [0.2, 0.25) is 5.78 Å². The van der Waals surface area contributed by atoms with Gasteiger partial charge in [0, 0.05) is 23.3 Å². The van der Waals surface area contributed by atoms with Crippen molar-refractivity contribution in [1.82, 2.24) is 0 Å². The number of Topliss-reactive ketones (excluding diaryl/α,β-unsaturated/α-hetero) is 2. The maximum atomic E-state index is 12.8. The van der Waals surface area contributed by atoms with Crippen LogP contribution in [0, 0.1) is 17.0 Å². The number of methoxy groups -OCH3 is 1. The Balaban J connectivity index is 1.51. The lowest BCUT2D eigenvalue weighted by Crippen LogP contribution is -2.12. The monoisotopic (exact) mass is 445 g/mol. The van der Waals surface area contributed by atoms with Crippen LogP contribution in [0.3, 0.4) is 0 Å². The van der Waals surface area contributed by atoms with Crippen molar-refractivity contribution in [2.45, 2.75) is 6.92 Å². The van der Waals surface area contributed by atoms with E-state index in [0.717, 1.165) is 0 Å². The molecule has 3 aromatic rings. The molecule has 166 valence electrons. The van der Waals surface area contributed by atoms with E-state index in [4.69, 9.17) is 14.2 Å². The van der Waals surface area contributed by atoms with Gasteiger partial charge in [0.15, 0.2) is 18.1 Å². The smallest absolute Gasteiger partial charge is 0.270 e. The summed E-state index contributed by atoms with van der Waals surface area (Å²) in [5.74, 6) is 0.921. The lowest BCUT2D eigenvalue weighted by atomic mass is 10.1. The molecule has 1 aliphatic heterocycles. The Morgan fingerprint density at radius 2 is 1.88 bits per heavy atom. The number of nitrogens with zero attached hydrogens (tertiary/aromatic N) is 1. The van der Waals surface area contributed by atoms with Crippen LogP contribution in [0.15, 0.2) is 66.4 Å². The molecular weight excluding hydrogens is 426 g/mol. The minimum Gasteiger partial charge on any atom is -0.497 e. The number of allylic oxidation sites excluding steroid dienone is 1. The van der Waals surface area contributed by atoms with E-state index < -0.39 is 4.92 Å². The largest absolute Gasteiger partial charge is 0.497 e. The highest BCUT2D eigenvalue weighted by Gasteiger charge is 2.30. The van der Waals surface area contributed by atoms with E-state index in [0.29, 0.717) is 39.5 Å². The fourth-order valence-corrected chi connectivity index (χ4v) is 3.41. The first kappa shape index (κ1) is 21.8. The Kier molecular flexibility index (Phi) is 5.91. The van der Waals surface area contributed by atoms with Crippen LogP contribution in [0.2, 0.25) is 0 Å². The molecule has 0 amide bonds. The average Bonchev–Trinajstić information content (AvgIpc) is 3.14. The molecule has 0 unspecified atom stereocenters. The van der Waals surface area contributed by atoms with Gasteiger partial charge in [0.25, 0.3) is 5.69 Å². The summed E-state index contributed by atoms with van der Waals surface area (Å²) in [6, 6.07) is 15.8. The Hall–Kier alpha value is -4.46. The Morgan fingerprint density at radius 3 is 2.58 bits per heavy atom. The quantitative estimate of drug-likeness (QED) is 0.223. The van der Waals surface area contributed by atoms with Gasteiger partial charge in [-0.1, -0.05) is 12.1 Å². The molecule has 0 aromatic heterocycles. The number of hydrogen-bond acceptors (Lipinski definition) is 7. The van der Waals surface area contributed by atoms with E-state index in [1.54, 1.807) is 56.5 Å². The number of carbonyl (C=O) groups is 2. The number of nitro groups is 1. The normalized spacial score (nSPS) is 13.4. The molecule has 0 aliphatic carbocycles.